The molecule has 0 bridgehead atoms. The summed E-state index contributed by atoms with van der Waals surface area (Å²) in [6, 6.07) is 10.2. The van der Waals surface area contributed by atoms with Crippen molar-refractivity contribution >= 4 is 35.0 Å². The van der Waals surface area contributed by atoms with E-state index in [0.29, 0.717) is 5.56 Å². The fourth-order valence-electron chi connectivity index (χ4n) is 2.48. The van der Waals surface area contributed by atoms with Crippen molar-refractivity contribution < 1.29 is 36.2 Å². The number of alkyl halides is 5. The van der Waals surface area contributed by atoms with Gasteiger partial charge in [0.15, 0.2) is 5.11 Å². The van der Waals surface area contributed by atoms with Crippen LogP contribution in [-0.4, -0.2) is 24.0 Å². The van der Waals surface area contributed by atoms with Crippen molar-refractivity contribution in [1.29, 1.82) is 0 Å². The van der Waals surface area contributed by atoms with Crippen molar-refractivity contribution in [2.75, 3.05) is 4.90 Å². The standard InChI is InChI=1S/C18H11F5N2O3S/c19-16(20)27-12-5-1-10(2-6-12)9-14-15(26)25(17(29)24-14)11-3-7-13(8-4-11)28-18(21,22)23/h1-9,16H,(H,24,29)/b14-9-. The smallest absolute Gasteiger partial charge is 0.435 e. The third-order valence-electron chi connectivity index (χ3n) is 3.62. The normalized spacial score (nSPS) is 15.8. The lowest BCUT2D eigenvalue weighted by molar-refractivity contribution is -0.274. The van der Waals surface area contributed by atoms with Crippen LogP contribution in [0.1, 0.15) is 5.56 Å². The first-order chi connectivity index (χ1) is 13.6. The number of carbonyl (C=O) groups excluding carboxylic acids is 1. The van der Waals surface area contributed by atoms with Crippen molar-refractivity contribution in [2.24, 2.45) is 0 Å². The predicted octanol–water partition coefficient (Wildman–Crippen LogP) is 4.45. The molecule has 1 amide bonds. The highest BCUT2D eigenvalue weighted by molar-refractivity contribution is 7.80. The molecule has 0 aliphatic carbocycles. The summed E-state index contributed by atoms with van der Waals surface area (Å²) in [6.45, 7) is -2.95. The van der Waals surface area contributed by atoms with Crippen molar-refractivity contribution in [3.63, 3.8) is 0 Å². The zero-order valence-electron chi connectivity index (χ0n) is 14.2. The number of halogens is 5. The Kier molecular flexibility index (Phi) is 5.69. The molecule has 1 aliphatic heterocycles. The molecule has 1 aliphatic rings. The Morgan fingerprint density at radius 1 is 1.00 bits per heavy atom. The first-order valence-corrected chi connectivity index (χ1v) is 8.31. The molecular weight excluding hydrogens is 419 g/mol. The summed E-state index contributed by atoms with van der Waals surface area (Å²) in [5.74, 6) is -1.01. The van der Waals surface area contributed by atoms with Crippen LogP contribution in [0.2, 0.25) is 0 Å². The molecule has 0 radical (unpaired) electrons. The van der Waals surface area contributed by atoms with E-state index in [0.717, 1.165) is 17.0 Å². The van der Waals surface area contributed by atoms with Crippen LogP contribution in [0, 0.1) is 0 Å². The van der Waals surface area contributed by atoms with E-state index >= 15 is 0 Å². The maximum absolute atomic E-state index is 12.6. The van der Waals surface area contributed by atoms with E-state index in [-0.39, 0.29) is 22.2 Å². The van der Waals surface area contributed by atoms with Gasteiger partial charge in [0.2, 0.25) is 0 Å². The third kappa shape index (κ3) is 5.19. The highest BCUT2D eigenvalue weighted by atomic mass is 32.1. The molecule has 0 unspecified atom stereocenters. The Bertz CT molecular complexity index is 943. The van der Waals surface area contributed by atoms with E-state index in [4.69, 9.17) is 12.2 Å². The number of benzene rings is 2. The van der Waals surface area contributed by atoms with E-state index in [1.54, 1.807) is 0 Å². The Morgan fingerprint density at radius 3 is 2.14 bits per heavy atom. The van der Waals surface area contributed by atoms with Gasteiger partial charge in [-0.1, -0.05) is 12.1 Å². The molecule has 1 heterocycles. The number of thiocarbonyl (C=S) groups is 1. The zero-order chi connectivity index (χ0) is 21.2. The monoisotopic (exact) mass is 430 g/mol. The maximum atomic E-state index is 12.6. The number of amides is 1. The molecule has 5 nitrogen and oxygen atoms in total. The van der Waals surface area contributed by atoms with Crippen LogP contribution in [0.25, 0.3) is 6.08 Å². The Hall–Kier alpha value is -3.21. The first kappa shape index (κ1) is 20.5. The van der Waals surface area contributed by atoms with Gasteiger partial charge in [-0.25, -0.2) is 0 Å². The van der Waals surface area contributed by atoms with Crippen LogP contribution in [0.5, 0.6) is 11.5 Å². The van der Waals surface area contributed by atoms with Crippen LogP contribution in [0.15, 0.2) is 54.2 Å². The molecule has 1 fully saturated rings. The highest BCUT2D eigenvalue weighted by Gasteiger charge is 2.33. The van der Waals surface area contributed by atoms with Gasteiger partial charge in [0.05, 0.1) is 5.69 Å². The Labute approximate surface area is 166 Å². The average Bonchev–Trinajstić information content (AvgIpc) is 2.89. The van der Waals surface area contributed by atoms with E-state index in [9.17, 15) is 26.7 Å². The summed E-state index contributed by atoms with van der Waals surface area (Å²) < 4.78 is 69.1. The Balaban J connectivity index is 1.76. The minimum atomic E-state index is -4.83. The second kappa shape index (κ2) is 8.03. The van der Waals surface area contributed by atoms with E-state index in [1.807, 2.05) is 0 Å². The molecule has 3 rings (SSSR count). The summed E-state index contributed by atoms with van der Waals surface area (Å²) in [4.78, 5) is 13.7. The van der Waals surface area contributed by atoms with Gasteiger partial charge >= 0.3 is 13.0 Å². The van der Waals surface area contributed by atoms with Crippen molar-refractivity contribution in [2.45, 2.75) is 13.0 Å². The maximum Gasteiger partial charge on any atom is 0.573 e. The predicted molar refractivity (Wildman–Crippen MR) is 97.4 cm³/mol. The van der Waals surface area contributed by atoms with Gasteiger partial charge in [-0.2, -0.15) is 8.78 Å². The Morgan fingerprint density at radius 2 is 1.59 bits per heavy atom. The van der Waals surface area contributed by atoms with Crippen molar-refractivity contribution in [3.8, 4) is 11.5 Å². The molecule has 0 saturated carbocycles. The summed E-state index contributed by atoms with van der Waals surface area (Å²) in [5, 5.41) is 2.74. The number of hydrogen-bond acceptors (Lipinski definition) is 4. The summed E-state index contributed by atoms with van der Waals surface area (Å²) in [5.41, 5.74) is 0.861. The van der Waals surface area contributed by atoms with Crippen molar-refractivity contribution in [3.05, 3.63) is 59.8 Å². The largest absolute Gasteiger partial charge is 0.573 e. The molecular formula is C18H11F5N2O3S. The minimum Gasteiger partial charge on any atom is -0.435 e. The third-order valence-corrected chi connectivity index (χ3v) is 3.91. The molecule has 0 spiro atoms. The van der Waals surface area contributed by atoms with Gasteiger partial charge in [0.25, 0.3) is 5.91 Å². The minimum absolute atomic E-state index is 0.0309. The number of ether oxygens (including phenoxy) is 2. The lowest BCUT2D eigenvalue weighted by Crippen LogP contribution is -2.30. The molecule has 0 aromatic heterocycles. The number of hydrogen-bond donors (Lipinski definition) is 1. The van der Waals surface area contributed by atoms with Crippen LogP contribution in [0.3, 0.4) is 0 Å². The second-order valence-corrected chi connectivity index (χ2v) is 6.00. The van der Waals surface area contributed by atoms with Crippen LogP contribution in [-0.2, 0) is 4.79 Å². The second-order valence-electron chi connectivity index (χ2n) is 5.62. The average molecular weight is 430 g/mol. The fraction of sp³-hybridized carbons (Fsp3) is 0.111. The lowest BCUT2D eigenvalue weighted by Gasteiger charge is -2.15. The zero-order valence-corrected chi connectivity index (χ0v) is 15.1. The van der Waals surface area contributed by atoms with Gasteiger partial charge in [-0.15, -0.1) is 13.2 Å². The molecule has 2 aromatic rings. The molecule has 2 aromatic carbocycles. The summed E-state index contributed by atoms with van der Waals surface area (Å²) >= 11 is 5.12. The SMILES string of the molecule is O=C1/C(=C/c2ccc(OC(F)F)cc2)NC(=S)N1c1ccc(OC(F)(F)F)cc1. The summed E-state index contributed by atoms with van der Waals surface area (Å²) in [6.07, 6.45) is -3.38. The first-order valence-electron chi connectivity index (χ1n) is 7.90. The van der Waals surface area contributed by atoms with Crippen LogP contribution >= 0.6 is 12.2 Å². The quantitative estimate of drug-likeness (QED) is 0.432. The fourth-order valence-corrected chi connectivity index (χ4v) is 2.78. The number of carbonyl (C=O) groups is 1. The van der Waals surface area contributed by atoms with Crippen LogP contribution < -0.4 is 19.7 Å². The topological polar surface area (TPSA) is 50.8 Å². The number of rotatable bonds is 5. The van der Waals surface area contributed by atoms with Gasteiger partial charge in [0.1, 0.15) is 17.2 Å². The van der Waals surface area contributed by atoms with Gasteiger partial charge in [-0.3, -0.25) is 9.69 Å². The summed E-state index contributed by atoms with van der Waals surface area (Å²) in [7, 11) is 0. The highest BCUT2D eigenvalue weighted by Crippen LogP contribution is 2.28. The molecule has 152 valence electrons. The van der Waals surface area contributed by atoms with Crippen molar-refractivity contribution in [1.82, 2.24) is 5.32 Å². The molecule has 1 saturated heterocycles. The number of nitrogens with zero attached hydrogens (tertiary/aromatic N) is 1. The van der Waals surface area contributed by atoms with Crippen LogP contribution in [0.4, 0.5) is 27.6 Å². The lowest BCUT2D eigenvalue weighted by atomic mass is 10.2. The van der Waals surface area contributed by atoms with Gasteiger partial charge in [0, 0.05) is 0 Å². The number of nitrogens with one attached hydrogen (secondary N) is 1. The molecule has 11 heteroatoms. The van der Waals surface area contributed by atoms with E-state index in [1.165, 1.54) is 42.5 Å². The van der Waals surface area contributed by atoms with Gasteiger partial charge in [-0.05, 0) is 60.3 Å². The molecule has 1 N–H and O–H groups in total. The van der Waals surface area contributed by atoms with E-state index < -0.39 is 24.6 Å². The molecule has 29 heavy (non-hydrogen) atoms. The van der Waals surface area contributed by atoms with E-state index in [2.05, 4.69) is 14.8 Å². The molecule has 0 atom stereocenters. The van der Waals surface area contributed by atoms with Gasteiger partial charge < -0.3 is 14.8 Å². The number of anilines is 1.